The Kier molecular flexibility index (Phi) is 14.7. The molecule has 3 heterocycles. The lowest BCUT2D eigenvalue weighted by Gasteiger charge is -2.26. The summed E-state index contributed by atoms with van der Waals surface area (Å²) >= 11 is 2.99. The van der Waals surface area contributed by atoms with Crippen molar-refractivity contribution in [2.45, 2.75) is 45.1 Å². The van der Waals surface area contributed by atoms with Crippen LogP contribution in [0.1, 0.15) is 49.4 Å². The summed E-state index contributed by atoms with van der Waals surface area (Å²) in [6, 6.07) is 9.97. The molecule has 1 unspecified atom stereocenters. The molecule has 0 saturated carbocycles. The molecule has 2 aromatic carbocycles. The van der Waals surface area contributed by atoms with Gasteiger partial charge in [0.1, 0.15) is 0 Å². The molecule has 1 fully saturated rings. The summed E-state index contributed by atoms with van der Waals surface area (Å²) in [4.78, 5) is 36.9. The standard InChI is InChI=1S/C34H40F2N6O4S2.ClH/c1-22-33(48-21-40-22)24-8-6-23(7-9-24)27(37)18-29(43)38-12-4-2-3-5-13-39-30(44)19-46-32-25(10-11-26(35)31(32)36)28-20-47-34(41-28)42-14-16-45-17-15-42;/h6-11,20-21,27H,2-5,12-19,37H2,1H3,(H,38,43)(H,39,44);1H. The Balaban J connectivity index is 0.00000541. The smallest absolute Gasteiger partial charge is 0.257 e. The molecule has 2 amide bonds. The Labute approximate surface area is 298 Å². The molecule has 0 radical (unpaired) electrons. The number of hydrogen-bond donors (Lipinski definition) is 3. The van der Waals surface area contributed by atoms with Crippen LogP contribution >= 0.6 is 35.1 Å². The summed E-state index contributed by atoms with van der Waals surface area (Å²) in [5.74, 6) is -3.10. The van der Waals surface area contributed by atoms with Crippen molar-refractivity contribution in [3.8, 4) is 27.4 Å². The van der Waals surface area contributed by atoms with Crippen molar-refractivity contribution in [3.63, 3.8) is 0 Å². The third-order valence-corrected chi connectivity index (χ3v) is 9.83. The van der Waals surface area contributed by atoms with Gasteiger partial charge in [0.2, 0.25) is 11.7 Å². The number of amides is 2. The van der Waals surface area contributed by atoms with E-state index < -0.39 is 30.2 Å². The van der Waals surface area contributed by atoms with Gasteiger partial charge >= 0.3 is 0 Å². The van der Waals surface area contributed by atoms with E-state index in [1.54, 1.807) is 16.7 Å². The van der Waals surface area contributed by atoms with E-state index in [0.29, 0.717) is 45.1 Å². The lowest BCUT2D eigenvalue weighted by molar-refractivity contribution is -0.123. The van der Waals surface area contributed by atoms with Gasteiger partial charge in [0.05, 0.1) is 35.0 Å². The molecule has 2 aromatic heterocycles. The van der Waals surface area contributed by atoms with Gasteiger partial charge in [0, 0.05) is 49.6 Å². The highest BCUT2D eigenvalue weighted by Crippen LogP contribution is 2.36. The quantitative estimate of drug-likeness (QED) is 0.119. The molecule has 1 saturated heterocycles. The highest BCUT2D eigenvalue weighted by Gasteiger charge is 2.22. The molecular weight excluding hydrogens is 694 g/mol. The van der Waals surface area contributed by atoms with Crippen molar-refractivity contribution in [2.24, 2.45) is 5.73 Å². The number of carbonyl (C=O) groups is 2. The van der Waals surface area contributed by atoms with Crippen LogP contribution in [0.25, 0.3) is 21.7 Å². The molecular formula is C34H41ClF2N6O4S2. The summed E-state index contributed by atoms with van der Waals surface area (Å²) in [5.41, 5.74) is 11.8. The second-order valence-corrected chi connectivity index (χ2v) is 13.1. The fourth-order valence-corrected chi connectivity index (χ4v) is 6.95. The number of halogens is 3. The predicted molar refractivity (Wildman–Crippen MR) is 192 cm³/mol. The number of rotatable bonds is 16. The van der Waals surface area contributed by atoms with E-state index in [0.717, 1.165) is 58.6 Å². The zero-order valence-corrected chi connectivity index (χ0v) is 29.7. The monoisotopic (exact) mass is 734 g/mol. The third kappa shape index (κ3) is 10.6. The summed E-state index contributed by atoms with van der Waals surface area (Å²) in [5, 5.41) is 8.20. The number of nitrogens with two attached hydrogens (primary N) is 1. The van der Waals surface area contributed by atoms with Crippen molar-refractivity contribution in [1.82, 2.24) is 20.6 Å². The minimum Gasteiger partial charge on any atom is -0.480 e. The minimum atomic E-state index is -1.16. The van der Waals surface area contributed by atoms with Gasteiger partial charge in [-0.3, -0.25) is 9.59 Å². The number of anilines is 1. The van der Waals surface area contributed by atoms with Crippen LogP contribution in [-0.4, -0.2) is 67.8 Å². The summed E-state index contributed by atoms with van der Waals surface area (Å²) < 4.78 is 39.7. The Morgan fingerprint density at radius 1 is 1.00 bits per heavy atom. The minimum absolute atomic E-state index is 0. The number of hydrogen-bond acceptors (Lipinski definition) is 10. The normalized spacial score (nSPS) is 13.4. The molecule has 0 spiro atoms. The number of nitrogens with one attached hydrogen (secondary N) is 2. The maximum atomic E-state index is 14.8. The average molecular weight is 735 g/mol. The molecule has 1 aliphatic heterocycles. The molecule has 0 bridgehead atoms. The topological polar surface area (TPSA) is 132 Å². The van der Waals surface area contributed by atoms with Gasteiger partial charge in [-0.15, -0.1) is 35.1 Å². The van der Waals surface area contributed by atoms with Crippen LogP contribution in [0.15, 0.2) is 47.3 Å². The second-order valence-electron chi connectivity index (χ2n) is 11.5. The second kappa shape index (κ2) is 18.9. The molecule has 5 rings (SSSR count). The first-order valence-electron chi connectivity index (χ1n) is 16.0. The van der Waals surface area contributed by atoms with Crippen molar-refractivity contribution in [3.05, 3.63) is 70.2 Å². The number of unbranched alkanes of at least 4 members (excludes halogenated alkanes) is 3. The number of benzene rings is 2. The SMILES string of the molecule is Cc1ncsc1-c1ccc(C(N)CC(=O)NCCCCCCNC(=O)COc2c(-c3csc(N4CCOCC4)n3)ccc(F)c2F)cc1.Cl. The van der Waals surface area contributed by atoms with E-state index in [2.05, 4.69) is 25.5 Å². The largest absolute Gasteiger partial charge is 0.480 e. The van der Waals surface area contributed by atoms with Crippen LogP contribution in [0.4, 0.5) is 13.9 Å². The van der Waals surface area contributed by atoms with Crippen LogP contribution in [0.2, 0.25) is 0 Å². The van der Waals surface area contributed by atoms with E-state index in [4.69, 9.17) is 15.2 Å². The number of aromatic nitrogens is 2. The summed E-state index contributed by atoms with van der Waals surface area (Å²) in [7, 11) is 0. The maximum absolute atomic E-state index is 14.8. The van der Waals surface area contributed by atoms with Crippen molar-refractivity contribution in [2.75, 3.05) is 50.9 Å². The molecule has 1 atom stereocenters. The number of ether oxygens (including phenoxy) is 2. The zero-order valence-electron chi connectivity index (χ0n) is 27.2. The van der Waals surface area contributed by atoms with Crippen LogP contribution < -0.4 is 26.0 Å². The Hall–Kier alpha value is -3.69. The van der Waals surface area contributed by atoms with E-state index in [1.807, 2.05) is 36.7 Å². The molecule has 10 nitrogen and oxygen atoms in total. The number of nitrogens with zero attached hydrogens (tertiary/aromatic N) is 3. The van der Waals surface area contributed by atoms with Gasteiger partial charge in [-0.25, -0.2) is 14.4 Å². The first kappa shape index (κ1) is 38.1. The predicted octanol–water partition coefficient (Wildman–Crippen LogP) is 6.04. The van der Waals surface area contributed by atoms with Crippen LogP contribution in [-0.2, 0) is 14.3 Å². The van der Waals surface area contributed by atoms with E-state index in [1.165, 1.54) is 17.4 Å². The van der Waals surface area contributed by atoms with Gasteiger partial charge < -0.3 is 30.7 Å². The first-order valence-corrected chi connectivity index (χ1v) is 17.7. The molecule has 4 aromatic rings. The highest BCUT2D eigenvalue weighted by atomic mass is 35.5. The Morgan fingerprint density at radius 3 is 2.37 bits per heavy atom. The number of morpholine rings is 1. The van der Waals surface area contributed by atoms with Crippen LogP contribution in [0.5, 0.6) is 5.75 Å². The average Bonchev–Trinajstić information content (AvgIpc) is 3.76. The van der Waals surface area contributed by atoms with E-state index in [-0.39, 0.29) is 36.0 Å². The molecule has 1 aliphatic rings. The van der Waals surface area contributed by atoms with Gasteiger partial charge in [0.15, 0.2) is 23.3 Å². The molecule has 0 aliphatic carbocycles. The van der Waals surface area contributed by atoms with Crippen molar-refractivity contribution < 1.29 is 27.8 Å². The zero-order chi connectivity index (χ0) is 33.9. The van der Waals surface area contributed by atoms with Crippen LogP contribution in [0, 0.1) is 18.6 Å². The Bertz CT molecular complexity index is 1670. The van der Waals surface area contributed by atoms with Gasteiger partial charge in [-0.1, -0.05) is 37.1 Å². The lowest BCUT2D eigenvalue weighted by Crippen LogP contribution is -2.36. The van der Waals surface area contributed by atoms with E-state index in [9.17, 15) is 18.4 Å². The molecule has 15 heteroatoms. The van der Waals surface area contributed by atoms with Crippen LogP contribution in [0.3, 0.4) is 0 Å². The fourth-order valence-electron chi connectivity index (χ4n) is 5.26. The van der Waals surface area contributed by atoms with Gasteiger partial charge in [0.25, 0.3) is 5.91 Å². The summed E-state index contributed by atoms with van der Waals surface area (Å²) in [6.45, 7) is 5.08. The highest BCUT2D eigenvalue weighted by molar-refractivity contribution is 7.14. The molecule has 49 heavy (non-hydrogen) atoms. The fraction of sp³-hybridized carbons (Fsp3) is 0.412. The molecule has 4 N–H and O–H groups in total. The van der Waals surface area contributed by atoms with Crippen molar-refractivity contribution in [1.29, 1.82) is 0 Å². The number of carbonyl (C=O) groups excluding carboxylic acids is 2. The lowest BCUT2D eigenvalue weighted by atomic mass is 10.0. The van der Waals surface area contributed by atoms with Gasteiger partial charge in [-0.05, 0) is 43.0 Å². The number of aryl methyl sites for hydroxylation is 1. The van der Waals surface area contributed by atoms with E-state index >= 15 is 0 Å². The van der Waals surface area contributed by atoms with Crippen molar-refractivity contribution >= 4 is 52.0 Å². The maximum Gasteiger partial charge on any atom is 0.257 e. The van der Waals surface area contributed by atoms with Gasteiger partial charge in [-0.2, -0.15) is 4.39 Å². The number of thiazole rings is 2. The summed E-state index contributed by atoms with van der Waals surface area (Å²) in [6.07, 6.45) is 3.44. The first-order chi connectivity index (χ1) is 23.3. The third-order valence-electron chi connectivity index (χ3n) is 7.95. The Morgan fingerprint density at radius 2 is 1.69 bits per heavy atom. The molecule has 264 valence electrons.